The maximum Gasteiger partial charge on any atom is 0.240 e. The van der Waals surface area contributed by atoms with E-state index in [0.29, 0.717) is 0 Å². The van der Waals surface area contributed by atoms with Crippen LogP contribution in [0.3, 0.4) is 0 Å². The van der Waals surface area contributed by atoms with Gasteiger partial charge in [-0.05, 0) is 25.1 Å². The molecule has 0 spiro atoms. The second-order valence-electron chi connectivity index (χ2n) is 3.36. The van der Waals surface area contributed by atoms with E-state index >= 15 is 0 Å². The first-order chi connectivity index (χ1) is 7.35. The summed E-state index contributed by atoms with van der Waals surface area (Å²) in [5.41, 5.74) is 5.34. The van der Waals surface area contributed by atoms with Gasteiger partial charge in [0.1, 0.15) is 0 Å². The highest BCUT2D eigenvalue weighted by molar-refractivity contribution is 7.89. The van der Waals surface area contributed by atoms with Crippen molar-refractivity contribution in [1.29, 1.82) is 0 Å². The molecule has 16 heavy (non-hydrogen) atoms. The Kier molecular flexibility index (Phi) is 4.58. The standard InChI is InChI=1S/C9H12Cl2N2O2S/c1-6(5-12)13-16(14,15)9-3-7(10)2-8(11)4-9/h2-4,6,13H,5,12H2,1H3/t6-/m0/s1. The number of sulfonamides is 1. The molecule has 1 rings (SSSR count). The zero-order valence-electron chi connectivity index (χ0n) is 8.57. The highest BCUT2D eigenvalue weighted by Crippen LogP contribution is 2.22. The van der Waals surface area contributed by atoms with Gasteiger partial charge in [-0.2, -0.15) is 0 Å². The van der Waals surface area contributed by atoms with Crippen molar-refractivity contribution in [2.45, 2.75) is 17.9 Å². The molecule has 0 saturated carbocycles. The van der Waals surface area contributed by atoms with Crippen LogP contribution in [0, 0.1) is 0 Å². The SMILES string of the molecule is C[C@@H](CN)NS(=O)(=O)c1cc(Cl)cc(Cl)c1. The minimum absolute atomic E-state index is 0.0327. The maximum atomic E-state index is 11.8. The summed E-state index contributed by atoms with van der Waals surface area (Å²) in [5, 5.41) is 0.543. The molecule has 0 unspecified atom stereocenters. The van der Waals surface area contributed by atoms with Crippen LogP contribution >= 0.6 is 23.2 Å². The molecule has 0 aliphatic carbocycles. The summed E-state index contributed by atoms with van der Waals surface area (Å²) in [6.07, 6.45) is 0. The monoisotopic (exact) mass is 282 g/mol. The van der Waals surface area contributed by atoms with Crippen LogP contribution in [0.25, 0.3) is 0 Å². The number of nitrogens with one attached hydrogen (secondary N) is 1. The Bertz CT molecular complexity index is 456. The molecular weight excluding hydrogens is 271 g/mol. The molecule has 0 aliphatic rings. The Hall–Kier alpha value is -0.330. The number of hydrogen-bond acceptors (Lipinski definition) is 3. The van der Waals surface area contributed by atoms with E-state index in [9.17, 15) is 8.42 Å². The fourth-order valence-electron chi connectivity index (χ4n) is 1.06. The molecule has 1 aromatic rings. The van der Waals surface area contributed by atoms with Crippen molar-refractivity contribution < 1.29 is 8.42 Å². The lowest BCUT2D eigenvalue weighted by atomic mass is 10.4. The zero-order chi connectivity index (χ0) is 12.3. The second kappa shape index (κ2) is 5.33. The van der Waals surface area contributed by atoms with Gasteiger partial charge in [-0.1, -0.05) is 23.2 Å². The van der Waals surface area contributed by atoms with Gasteiger partial charge in [0.05, 0.1) is 4.90 Å². The molecule has 1 aromatic carbocycles. The molecule has 4 nitrogen and oxygen atoms in total. The van der Waals surface area contributed by atoms with Crippen LogP contribution in [0.1, 0.15) is 6.92 Å². The number of rotatable bonds is 4. The zero-order valence-corrected chi connectivity index (χ0v) is 10.9. The van der Waals surface area contributed by atoms with Crippen molar-refractivity contribution in [2.75, 3.05) is 6.54 Å². The molecule has 0 heterocycles. The van der Waals surface area contributed by atoms with Crippen molar-refractivity contribution in [1.82, 2.24) is 4.72 Å². The summed E-state index contributed by atoms with van der Waals surface area (Å²) in [7, 11) is -3.62. The summed E-state index contributed by atoms with van der Waals surface area (Å²) < 4.78 is 26.1. The summed E-state index contributed by atoms with van der Waals surface area (Å²) >= 11 is 11.5. The predicted octanol–water partition coefficient (Wildman–Crippen LogP) is 1.62. The largest absolute Gasteiger partial charge is 0.329 e. The van der Waals surface area contributed by atoms with Gasteiger partial charge >= 0.3 is 0 Å². The van der Waals surface area contributed by atoms with Crippen molar-refractivity contribution >= 4 is 33.2 Å². The third kappa shape index (κ3) is 3.61. The molecule has 0 amide bonds. The fraction of sp³-hybridized carbons (Fsp3) is 0.333. The molecule has 0 bridgehead atoms. The summed E-state index contributed by atoms with van der Waals surface area (Å²) in [4.78, 5) is 0.0327. The van der Waals surface area contributed by atoms with E-state index in [1.165, 1.54) is 18.2 Å². The third-order valence-corrected chi connectivity index (χ3v) is 3.86. The van der Waals surface area contributed by atoms with Crippen LogP contribution in [0.5, 0.6) is 0 Å². The number of benzene rings is 1. The average Bonchev–Trinajstić information content (AvgIpc) is 2.15. The highest BCUT2D eigenvalue weighted by atomic mass is 35.5. The minimum Gasteiger partial charge on any atom is -0.329 e. The molecule has 3 N–H and O–H groups in total. The first-order valence-electron chi connectivity index (χ1n) is 4.53. The Morgan fingerprint density at radius 2 is 1.81 bits per heavy atom. The van der Waals surface area contributed by atoms with Crippen LogP contribution in [0.15, 0.2) is 23.1 Å². The van der Waals surface area contributed by atoms with Gasteiger partial charge < -0.3 is 5.73 Å². The Morgan fingerprint density at radius 1 is 1.31 bits per heavy atom. The van der Waals surface area contributed by atoms with E-state index in [-0.39, 0.29) is 27.5 Å². The Morgan fingerprint density at radius 3 is 2.25 bits per heavy atom. The lowest BCUT2D eigenvalue weighted by Crippen LogP contribution is -2.37. The number of nitrogens with two attached hydrogens (primary N) is 1. The van der Waals surface area contributed by atoms with E-state index < -0.39 is 10.0 Å². The second-order valence-corrected chi connectivity index (χ2v) is 5.95. The van der Waals surface area contributed by atoms with Gasteiger partial charge in [0.2, 0.25) is 10.0 Å². The van der Waals surface area contributed by atoms with Crippen molar-refractivity contribution in [2.24, 2.45) is 5.73 Å². The topological polar surface area (TPSA) is 72.2 Å². The Labute approximate surface area is 105 Å². The van der Waals surface area contributed by atoms with Gasteiger partial charge in [0.25, 0.3) is 0 Å². The lowest BCUT2D eigenvalue weighted by Gasteiger charge is -2.12. The van der Waals surface area contributed by atoms with Gasteiger partial charge in [-0.15, -0.1) is 0 Å². The summed E-state index contributed by atoms with van der Waals surface area (Å²) in [5.74, 6) is 0. The van der Waals surface area contributed by atoms with Crippen LogP contribution in [0.2, 0.25) is 10.0 Å². The summed E-state index contributed by atoms with van der Waals surface area (Å²) in [6, 6.07) is 3.79. The molecule has 0 aromatic heterocycles. The van der Waals surface area contributed by atoms with Gasteiger partial charge in [-0.3, -0.25) is 0 Å². The van der Waals surface area contributed by atoms with E-state index in [2.05, 4.69) is 4.72 Å². The van der Waals surface area contributed by atoms with E-state index in [1.54, 1.807) is 6.92 Å². The Balaban J connectivity index is 3.07. The molecule has 0 fully saturated rings. The maximum absolute atomic E-state index is 11.8. The van der Waals surface area contributed by atoms with Crippen molar-refractivity contribution in [3.63, 3.8) is 0 Å². The smallest absolute Gasteiger partial charge is 0.240 e. The van der Waals surface area contributed by atoms with Crippen molar-refractivity contribution in [3.05, 3.63) is 28.2 Å². The van der Waals surface area contributed by atoms with E-state index in [0.717, 1.165) is 0 Å². The van der Waals surface area contributed by atoms with E-state index in [1.807, 2.05) is 0 Å². The first kappa shape index (κ1) is 13.7. The van der Waals surface area contributed by atoms with Crippen LogP contribution in [-0.2, 0) is 10.0 Å². The highest BCUT2D eigenvalue weighted by Gasteiger charge is 2.17. The van der Waals surface area contributed by atoms with Crippen LogP contribution < -0.4 is 10.5 Å². The third-order valence-electron chi connectivity index (χ3n) is 1.86. The minimum atomic E-state index is -3.62. The molecular formula is C9H12Cl2N2O2S. The van der Waals surface area contributed by atoms with E-state index in [4.69, 9.17) is 28.9 Å². The molecule has 90 valence electrons. The molecule has 0 aliphatic heterocycles. The van der Waals surface area contributed by atoms with Crippen molar-refractivity contribution in [3.8, 4) is 0 Å². The van der Waals surface area contributed by atoms with Crippen LogP contribution in [0.4, 0.5) is 0 Å². The molecule has 0 radical (unpaired) electrons. The van der Waals surface area contributed by atoms with Gasteiger partial charge in [0, 0.05) is 22.6 Å². The number of halogens is 2. The molecule has 0 saturated heterocycles. The normalized spacial score (nSPS) is 13.8. The van der Waals surface area contributed by atoms with Crippen LogP contribution in [-0.4, -0.2) is 21.0 Å². The lowest BCUT2D eigenvalue weighted by molar-refractivity contribution is 0.562. The first-order valence-corrected chi connectivity index (χ1v) is 6.77. The van der Waals surface area contributed by atoms with Gasteiger partial charge in [-0.25, -0.2) is 13.1 Å². The quantitative estimate of drug-likeness (QED) is 0.882. The predicted molar refractivity (Wildman–Crippen MR) is 65.3 cm³/mol. The number of hydrogen-bond donors (Lipinski definition) is 2. The average molecular weight is 283 g/mol. The van der Waals surface area contributed by atoms with Gasteiger partial charge in [0.15, 0.2) is 0 Å². The summed E-state index contributed by atoms with van der Waals surface area (Å²) in [6.45, 7) is 1.89. The fourth-order valence-corrected chi connectivity index (χ4v) is 3.05. The molecule has 7 heteroatoms. The molecule has 1 atom stereocenters.